The van der Waals surface area contributed by atoms with Gasteiger partial charge in [0.25, 0.3) is 11.8 Å². The van der Waals surface area contributed by atoms with Crippen LogP contribution in [0, 0.1) is 0 Å². The van der Waals surface area contributed by atoms with Gasteiger partial charge in [0.05, 0.1) is 20.3 Å². The van der Waals surface area contributed by atoms with Crippen LogP contribution in [0.25, 0.3) is 0 Å². The topological polar surface area (TPSA) is 103 Å². The first-order valence-electron chi connectivity index (χ1n) is 9.14. The van der Waals surface area contributed by atoms with Crippen LogP contribution >= 0.6 is 23.2 Å². The fourth-order valence-electron chi connectivity index (χ4n) is 2.60. The van der Waals surface area contributed by atoms with Gasteiger partial charge in [-0.1, -0.05) is 29.3 Å². The van der Waals surface area contributed by atoms with Crippen molar-refractivity contribution in [3.63, 3.8) is 0 Å². The highest BCUT2D eigenvalue weighted by Crippen LogP contribution is 2.26. The van der Waals surface area contributed by atoms with E-state index in [4.69, 9.17) is 37.4 Å². The molecule has 1 unspecified atom stereocenters. The second kappa shape index (κ2) is 11.4. The highest BCUT2D eigenvalue weighted by molar-refractivity contribution is 6.35. The summed E-state index contributed by atoms with van der Waals surface area (Å²) in [7, 11) is 2.92. The molecule has 2 amide bonds. The minimum absolute atomic E-state index is 0.246. The third kappa shape index (κ3) is 7.34. The largest absolute Gasteiger partial charge is 0.497 e. The maximum Gasteiger partial charge on any atom is 0.325 e. The summed E-state index contributed by atoms with van der Waals surface area (Å²) in [5.74, 6) is -0.951. The molecule has 0 fully saturated rings. The van der Waals surface area contributed by atoms with Gasteiger partial charge in [-0.15, -0.1) is 0 Å². The summed E-state index contributed by atoms with van der Waals surface area (Å²) in [5.41, 5.74) is 0.919. The minimum Gasteiger partial charge on any atom is -0.497 e. The highest BCUT2D eigenvalue weighted by Gasteiger charge is 2.16. The van der Waals surface area contributed by atoms with Gasteiger partial charge in [0.2, 0.25) is 0 Å². The van der Waals surface area contributed by atoms with Crippen LogP contribution in [-0.4, -0.2) is 45.2 Å². The van der Waals surface area contributed by atoms with Crippen LogP contribution in [0.5, 0.6) is 11.5 Å². The van der Waals surface area contributed by atoms with E-state index in [2.05, 4.69) is 10.6 Å². The first kappa shape index (κ1) is 24.3. The molecule has 0 saturated carbocycles. The van der Waals surface area contributed by atoms with Crippen LogP contribution in [0.15, 0.2) is 36.4 Å². The Labute approximate surface area is 189 Å². The number of amides is 2. The maximum atomic E-state index is 12.3. The molecular formula is C21H22Cl2N2O6. The van der Waals surface area contributed by atoms with E-state index in [9.17, 15) is 14.4 Å². The van der Waals surface area contributed by atoms with E-state index in [-0.39, 0.29) is 5.56 Å². The number of hydrogen-bond donors (Lipinski definition) is 2. The molecule has 1 atom stereocenters. The van der Waals surface area contributed by atoms with Gasteiger partial charge >= 0.3 is 5.97 Å². The zero-order valence-electron chi connectivity index (χ0n) is 17.2. The van der Waals surface area contributed by atoms with Crippen LogP contribution in [-0.2, 0) is 14.3 Å². The lowest BCUT2D eigenvalue weighted by molar-refractivity contribution is -0.147. The fourth-order valence-corrected chi connectivity index (χ4v) is 3.18. The predicted octanol–water partition coefficient (Wildman–Crippen LogP) is 3.16. The lowest BCUT2D eigenvalue weighted by Crippen LogP contribution is -2.34. The zero-order chi connectivity index (χ0) is 23.0. The average Bonchev–Trinajstić information content (AvgIpc) is 2.75. The monoisotopic (exact) mass is 468 g/mol. The number of methoxy groups -OCH3 is 2. The third-order valence-corrected chi connectivity index (χ3v) is 4.74. The molecule has 0 aliphatic rings. The van der Waals surface area contributed by atoms with Crippen LogP contribution in [0.2, 0.25) is 10.0 Å². The van der Waals surface area contributed by atoms with E-state index in [0.717, 1.165) is 0 Å². The summed E-state index contributed by atoms with van der Waals surface area (Å²) >= 11 is 12.0. The summed E-state index contributed by atoms with van der Waals surface area (Å²) in [4.78, 5) is 36.2. The molecule has 0 aromatic heterocycles. The van der Waals surface area contributed by atoms with Gasteiger partial charge in [-0.05, 0) is 36.8 Å². The number of ether oxygens (including phenoxy) is 3. The Morgan fingerprint density at radius 1 is 1.00 bits per heavy atom. The molecule has 10 heteroatoms. The lowest BCUT2D eigenvalue weighted by atomic mass is 10.1. The maximum absolute atomic E-state index is 12.3. The number of nitrogens with one attached hydrogen (secondary N) is 2. The van der Waals surface area contributed by atoms with E-state index in [1.165, 1.54) is 26.4 Å². The molecule has 2 N–H and O–H groups in total. The molecule has 0 heterocycles. The summed E-state index contributed by atoms with van der Waals surface area (Å²) in [6.45, 7) is 0.818. The first-order valence-corrected chi connectivity index (χ1v) is 9.90. The SMILES string of the molecule is COc1cc(OC)cc(C(=O)NCC(=O)OCC(=O)NC(C)c2ccc(Cl)cc2Cl)c1. The molecule has 0 saturated heterocycles. The average molecular weight is 469 g/mol. The Bertz CT molecular complexity index is 945. The van der Waals surface area contributed by atoms with Gasteiger partial charge in [-0.2, -0.15) is 0 Å². The summed E-state index contributed by atoms with van der Waals surface area (Å²) in [6.07, 6.45) is 0. The van der Waals surface area contributed by atoms with Crippen molar-refractivity contribution in [2.75, 3.05) is 27.4 Å². The van der Waals surface area contributed by atoms with Gasteiger partial charge in [0, 0.05) is 21.7 Å². The normalized spacial score (nSPS) is 11.3. The highest BCUT2D eigenvalue weighted by atomic mass is 35.5. The molecule has 31 heavy (non-hydrogen) atoms. The van der Waals surface area contributed by atoms with Crippen molar-refractivity contribution in [3.8, 4) is 11.5 Å². The van der Waals surface area contributed by atoms with Crippen molar-refractivity contribution in [3.05, 3.63) is 57.6 Å². The standard InChI is InChI=1S/C21H22Cl2N2O6/c1-12(17-5-4-14(22)8-18(17)23)25-19(26)11-31-20(27)10-24-21(28)13-6-15(29-2)9-16(7-13)30-3/h4-9,12H,10-11H2,1-3H3,(H,24,28)(H,25,26). The number of rotatable bonds is 9. The van der Waals surface area contributed by atoms with E-state index in [1.807, 2.05) is 0 Å². The van der Waals surface area contributed by atoms with Crippen molar-refractivity contribution in [2.45, 2.75) is 13.0 Å². The molecule has 8 nitrogen and oxygen atoms in total. The smallest absolute Gasteiger partial charge is 0.325 e. The predicted molar refractivity (Wildman–Crippen MR) is 116 cm³/mol. The van der Waals surface area contributed by atoms with Crippen molar-refractivity contribution in [1.29, 1.82) is 0 Å². The molecule has 0 aliphatic heterocycles. The molecule has 0 radical (unpaired) electrons. The van der Waals surface area contributed by atoms with Gasteiger partial charge in [-0.25, -0.2) is 0 Å². The molecule has 2 aromatic rings. The molecule has 0 bridgehead atoms. The van der Waals surface area contributed by atoms with Crippen LogP contribution < -0.4 is 20.1 Å². The summed E-state index contributed by atoms with van der Waals surface area (Å²) in [6, 6.07) is 9.12. The molecule has 2 aromatic carbocycles. The van der Waals surface area contributed by atoms with Crippen molar-refractivity contribution < 1.29 is 28.6 Å². The number of carbonyl (C=O) groups is 3. The molecule has 0 spiro atoms. The number of carbonyl (C=O) groups excluding carboxylic acids is 3. The molecule has 2 rings (SSSR count). The second-order valence-electron chi connectivity index (χ2n) is 6.40. The Morgan fingerprint density at radius 2 is 1.65 bits per heavy atom. The zero-order valence-corrected chi connectivity index (χ0v) is 18.7. The van der Waals surface area contributed by atoms with E-state index >= 15 is 0 Å². The number of hydrogen-bond acceptors (Lipinski definition) is 6. The Morgan fingerprint density at radius 3 is 2.23 bits per heavy atom. The van der Waals surface area contributed by atoms with E-state index < -0.39 is 37.0 Å². The molecular weight excluding hydrogens is 447 g/mol. The Balaban J connectivity index is 1.81. The van der Waals surface area contributed by atoms with Gasteiger partial charge in [-0.3, -0.25) is 14.4 Å². The Kier molecular flexibility index (Phi) is 8.96. The first-order chi connectivity index (χ1) is 14.7. The van der Waals surface area contributed by atoms with Crippen LogP contribution in [0.3, 0.4) is 0 Å². The van der Waals surface area contributed by atoms with Crippen molar-refractivity contribution in [2.24, 2.45) is 0 Å². The van der Waals surface area contributed by atoms with Gasteiger partial charge in [0.1, 0.15) is 18.0 Å². The van der Waals surface area contributed by atoms with E-state index in [1.54, 1.807) is 31.2 Å². The number of esters is 1. The lowest BCUT2D eigenvalue weighted by Gasteiger charge is -2.16. The third-order valence-electron chi connectivity index (χ3n) is 4.18. The van der Waals surface area contributed by atoms with Crippen LogP contribution in [0.4, 0.5) is 0 Å². The van der Waals surface area contributed by atoms with Gasteiger partial charge in [0.15, 0.2) is 6.61 Å². The Hall–Kier alpha value is -2.97. The summed E-state index contributed by atoms with van der Waals surface area (Å²) in [5, 5.41) is 5.98. The number of benzene rings is 2. The minimum atomic E-state index is -0.768. The fraction of sp³-hybridized carbons (Fsp3) is 0.286. The van der Waals surface area contributed by atoms with E-state index in [0.29, 0.717) is 27.1 Å². The second-order valence-corrected chi connectivity index (χ2v) is 7.24. The molecule has 166 valence electrons. The quantitative estimate of drug-likeness (QED) is 0.547. The van der Waals surface area contributed by atoms with Crippen LogP contribution in [0.1, 0.15) is 28.9 Å². The molecule has 0 aliphatic carbocycles. The number of halogens is 2. The van der Waals surface area contributed by atoms with Gasteiger partial charge < -0.3 is 24.8 Å². The van der Waals surface area contributed by atoms with Crippen molar-refractivity contribution in [1.82, 2.24) is 10.6 Å². The summed E-state index contributed by atoms with van der Waals surface area (Å²) < 4.78 is 15.1. The van der Waals surface area contributed by atoms with Crippen molar-refractivity contribution >= 4 is 41.0 Å².